The summed E-state index contributed by atoms with van der Waals surface area (Å²) in [4.78, 5) is 0. The molecule has 94 valence electrons. The van der Waals surface area contributed by atoms with E-state index in [4.69, 9.17) is 4.74 Å². The summed E-state index contributed by atoms with van der Waals surface area (Å²) >= 11 is 0. The Morgan fingerprint density at radius 3 is 2.81 bits per heavy atom. The molecule has 1 spiro atoms. The molecule has 0 radical (unpaired) electrons. The highest BCUT2D eigenvalue weighted by molar-refractivity contribution is 4.95. The quantitative estimate of drug-likeness (QED) is 0.726. The van der Waals surface area contributed by atoms with Crippen molar-refractivity contribution < 1.29 is 4.74 Å². The molecule has 0 amide bonds. The van der Waals surface area contributed by atoms with Gasteiger partial charge in [-0.3, -0.25) is 0 Å². The maximum Gasteiger partial charge on any atom is 0.0697 e. The predicted octanol–water partition coefficient (Wildman–Crippen LogP) is 3.11. The van der Waals surface area contributed by atoms with Crippen LogP contribution in [-0.4, -0.2) is 24.8 Å². The van der Waals surface area contributed by atoms with Crippen molar-refractivity contribution in [2.75, 3.05) is 13.2 Å². The average Bonchev–Trinajstić information content (AvgIpc) is 2.22. The zero-order valence-corrected chi connectivity index (χ0v) is 10.9. The van der Waals surface area contributed by atoms with E-state index in [0.717, 1.165) is 18.6 Å². The van der Waals surface area contributed by atoms with Crippen molar-refractivity contribution in [1.29, 1.82) is 0 Å². The second-order valence-electron chi connectivity index (χ2n) is 6.06. The molecule has 1 N–H and O–H groups in total. The summed E-state index contributed by atoms with van der Waals surface area (Å²) in [5.41, 5.74) is 0.300. The molecule has 0 aromatic carbocycles. The lowest BCUT2D eigenvalue weighted by molar-refractivity contribution is -0.135. The molecule has 1 aliphatic carbocycles. The third kappa shape index (κ3) is 3.21. The third-order valence-corrected chi connectivity index (χ3v) is 4.15. The first-order chi connectivity index (χ1) is 7.70. The molecule has 0 bridgehead atoms. The summed E-state index contributed by atoms with van der Waals surface area (Å²) in [7, 11) is 0. The minimum Gasteiger partial charge on any atom is -0.375 e. The molecule has 16 heavy (non-hydrogen) atoms. The van der Waals surface area contributed by atoms with Crippen LogP contribution in [-0.2, 0) is 4.74 Å². The monoisotopic (exact) mass is 225 g/mol. The largest absolute Gasteiger partial charge is 0.375 e. The van der Waals surface area contributed by atoms with Gasteiger partial charge in [0.15, 0.2) is 0 Å². The van der Waals surface area contributed by atoms with Gasteiger partial charge in [-0.1, -0.05) is 13.8 Å². The number of hydrogen-bond donors (Lipinski definition) is 1. The van der Waals surface area contributed by atoms with Gasteiger partial charge in [-0.05, 0) is 57.4 Å². The van der Waals surface area contributed by atoms with Gasteiger partial charge in [0.1, 0.15) is 0 Å². The first-order valence-corrected chi connectivity index (χ1v) is 7.08. The number of ether oxygens (including phenoxy) is 1. The molecule has 1 aliphatic heterocycles. The highest BCUT2D eigenvalue weighted by atomic mass is 16.5. The molecule has 1 atom stereocenters. The second-order valence-corrected chi connectivity index (χ2v) is 6.06. The van der Waals surface area contributed by atoms with Crippen molar-refractivity contribution >= 4 is 0 Å². The van der Waals surface area contributed by atoms with Crippen molar-refractivity contribution in [3.63, 3.8) is 0 Å². The molecule has 2 aliphatic rings. The summed E-state index contributed by atoms with van der Waals surface area (Å²) in [6, 6.07) is 0.723. The maximum atomic E-state index is 5.94. The summed E-state index contributed by atoms with van der Waals surface area (Å²) in [5.74, 6) is 0.842. The lowest BCUT2D eigenvalue weighted by Gasteiger charge is -2.47. The highest BCUT2D eigenvalue weighted by Gasteiger charge is 2.42. The maximum absolute atomic E-state index is 5.94. The van der Waals surface area contributed by atoms with Crippen molar-refractivity contribution in [2.24, 2.45) is 5.92 Å². The molecule has 2 heteroatoms. The van der Waals surface area contributed by atoms with Crippen LogP contribution in [0.3, 0.4) is 0 Å². The number of nitrogens with one attached hydrogen (secondary N) is 1. The molecule has 0 aromatic rings. The molecule has 2 nitrogen and oxygen atoms in total. The van der Waals surface area contributed by atoms with Gasteiger partial charge in [0.05, 0.1) is 5.60 Å². The van der Waals surface area contributed by atoms with Crippen LogP contribution >= 0.6 is 0 Å². The number of rotatable bonds is 5. The Hall–Kier alpha value is -0.0800. The van der Waals surface area contributed by atoms with E-state index in [-0.39, 0.29) is 0 Å². The van der Waals surface area contributed by atoms with Crippen molar-refractivity contribution in [1.82, 2.24) is 5.32 Å². The first-order valence-electron chi connectivity index (χ1n) is 7.08. The lowest BCUT2D eigenvalue weighted by Crippen LogP contribution is -2.51. The Labute approximate surface area is 100 Å². The van der Waals surface area contributed by atoms with Crippen molar-refractivity contribution in [3.8, 4) is 0 Å². The Balaban J connectivity index is 1.62. The molecule has 1 saturated carbocycles. The van der Waals surface area contributed by atoms with E-state index in [1.807, 2.05) is 0 Å². The standard InChI is InChI=1S/C14H27NO/c1-12(2)5-3-9-15-13-6-10-16-14(11-13)7-4-8-14/h12-13,15H,3-11H2,1-2H3. The SMILES string of the molecule is CC(C)CCCNC1CCOC2(CCC2)C1. The van der Waals surface area contributed by atoms with Gasteiger partial charge in [0.2, 0.25) is 0 Å². The van der Waals surface area contributed by atoms with E-state index in [1.54, 1.807) is 0 Å². The Morgan fingerprint density at radius 1 is 1.38 bits per heavy atom. The minimum absolute atomic E-state index is 0.300. The normalized spacial score (nSPS) is 28.3. The highest BCUT2D eigenvalue weighted by Crippen LogP contribution is 2.42. The zero-order valence-electron chi connectivity index (χ0n) is 10.9. The van der Waals surface area contributed by atoms with Crippen molar-refractivity contribution in [2.45, 2.75) is 70.4 Å². The summed E-state index contributed by atoms with van der Waals surface area (Å²) in [6.07, 6.45) is 9.12. The topological polar surface area (TPSA) is 21.3 Å². The summed E-state index contributed by atoms with van der Waals surface area (Å²) < 4.78 is 5.94. The molecule has 0 aromatic heterocycles. The Kier molecular flexibility index (Phi) is 4.26. The van der Waals surface area contributed by atoms with Gasteiger partial charge in [-0.2, -0.15) is 0 Å². The fraction of sp³-hybridized carbons (Fsp3) is 1.00. The van der Waals surface area contributed by atoms with Gasteiger partial charge in [-0.15, -0.1) is 0 Å². The van der Waals surface area contributed by atoms with Gasteiger partial charge in [-0.25, -0.2) is 0 Å². The summed E-state index contributed by atoms with van der Waals surface area (Å²) in [6.45, 7) is 6.77. The van der Waals surface area contributed by atoms with Crippen LogP contribution in [0.4, 0.5) is 0 Å². The fourth-order valence-corrected chi connectivity index (χ4v) is 2.94. The smallest absolute Gasteiger partial charge is 0.0697 e. The molecular formula is C14H27NO. The van der Waals surface area contributed by atoms with Crippen LogP contribution in [0.2, 0.25) is 0 Å². The van der Waals surface area contributed by atoms with E-state index < -0.39 is 0 Å². The van der Waals surface area contributed by atoms with E-state index >= 15 is 0 Å². The van der Waals surface area contributed by atoms with Crippen molar-refractivity contribution in [3.05, 3.63) is 0 Å². The predicted molar refractivity (Wildman–Crippen MR) is 67.6 cm³/mol. The summed E-state index contributed by atoms with van der Waals surface area (Å²) in [5, 5.41) is 3.72. The van der Waals surface area contributed by atoms with E-state index in [9.17, 15) is 0 Å². The van der Waals surface area contributed by atoms with Crippen LogP contribution in [0.5, 0.6) is 0 Å². The van der Waals surface area contributed by atoms with Gasteiger partial charge < -0.3 is 10.1 Å². The molecular weight excluding hydrogens is 198 g/mol. The van der Waals surface area contributed by atoms with Crippen LogP contribution in [0.25, 0.3) is 0 Å². The minimum atomic E-state index is 0.300. The van der Waals surface area contributed by atoms with E-state index in [0.29, 0.717) is 5.60 Å². The Morgan fingerprint density at radius 2 is 2.19 bits per heavy atom. The average molecular weight is 225 g/mol. The van der Waals surface area contributed by atoms with Gasteiger partial charge in [0, 0.05) is 12.6 Å². The zero-order chi connectivity index (χ0) is 11.4. The molecule has 2 rings (SSSR count). The van der Waals surface area contributed by atoms with Crippen LogP contribution in [0.15, 0.2) is 0 Å². The molecule has 2 fully saturated rings. The molecule has 1 saturated heterocycles. The third-order valence-electron chi connectivity index (χ3n) is 4.15. The fourth-order valence-electron chi connectivity index (χ4n) is 2.94. The van der Waals surface area contributed by atoms with Crippen LogP contribution < -0.4 is 5.32 Å². The van der Waals surface area contributed by atoms with Crippen LogP contribution in [0.1, 0.15) is 58.8 Å². The van der Waals surface area contributed by atoms with Gasteiger partial charge >= 0.3 is 0 Å². The molecule has 1 unspecified atom stereocenters. The van der Waals surface area contributed by atoms with E-state index in [1.165, 1.54) is 51.5 Å². The lowest BCUT2D eigenvalue weighted by atomic mass is 9.74. The second kappa shape index (κ2) is 5.50. The first kappa shape index (κ1) is 12.4. The Bertz CT molecular complexity index is 211. The molecule has 1 heterocycles. The number of hydrogen-bond acceptors (Lipinski definition) is 2. The van der Waals surface area contributed by atoms with Crippen LogP contribution in [0, 0.1) is 5.92 Å². The van der Waals surface area contributed by atoms with Gasteiger partial charge in [0.25, 0.3) is 0 Å². The van der Waals surface area contributed by atoms with E-state index in [2.05, 4.69) is 19.2 Å².